The highest BCUT2D eigenvalue weighted by molar-refractivity contribution is 6.71. The quantitative estimate of drug-likeness (QED) is 0.575. The molecular formula is C7H21NSi2. The van der Waals surface area contributed by atoms with Crippen LogP contribution in [0.1, 0.15) is 13.8 Å². The fourth-order valence-electron chi connectivity index (χ4n) is 0.994. The lowest BCUT2D eigenvalue weighted by Crippen LogP contribution is -2.41. The molecule has 0 fully saturated rings. The molecule has 0 spiro atoms. The van der Waals surface area contributed by atoms with Crippen LogP contribution in [0.4, 0.5) is 0 Å². The van der Waals surface area contributed by atoms with Gasteiger partial charge in [0.1, 0.15) is 8.96 Å². The molecule has 0 aliphatic rings. The highest BCUT2D eigenvalue weighted by Gasteiger charge is 2.26. The maximum Gasteiger partial charge on any atom is 0.110 e. The molecule has 0 radical (unpaired) electrons. The molecule has 0 heterocycles. The second-order valence-electron chi connectivity index (χ2n) is 3.98. The van der Waals surface area contributed by atoms with Gasteiger partial charge in [-0.15, -0.1) is 0 Å². The first-order valence-electron chi connectivity index (χ1n) is 4.08. The van der Waals surface area contributed by atoms with Crippen LogP contribution in [0, 0.1) is 0 Å². The van der Waals surface area contributed by atoms with Crippen molar-refractivity contribution >= 4 is 18.5 Å². The van der Waals surface area contributed by atoms with Crippen LogP contribution >= 0.6 is 0 Å². The third-order valence-corrected chi connectivity index (χ3v) is 11.4. The number of hydrogen-bond acceptors (Lipinski definition) is 1. The Morgan fingerprint density at radius 3 is 1.80 bits per heavy atom. The fraction of sp³-hybridized carbons (Fsp3) is 1.00. The lowest BCUT2D eigenvalue weighted by Gasteiger charge is -2.33. The van der Waals surface area contributed by atoms with Gasteiger partial charge in [0.05, 0.1) is 0 Å². The van der Waals surface area contributed by atoms with Gasteiger partial charge in [-0.05, 0) is 18.8 Å². The molecule has 0 amide bonds. The van der Waals surface area contributed by atoms with Gasteiger partial charge in [0.15, 0.2) is 0 Å². The fourth-order valence-corrected chi connectivity index (χ4v) is 5.85. The molecule has 0 rings (SSSR count). The highest BCUT2D eigenvalue weighted by Crippen LogP contribution is 2.26. The molecule has 1 unspecified atom stereocenters. The Kier molecular flexibility index (Phi) is 3.83. The van der Waals surface area contributed by atoms with Crippen LogP contribution in [0.15, 0.2) is 0 Å². The van der Waals surface area contributed by atoms with Gasteiger partial charge in [0.25, 0.3) is 0 Å². The van der Waals surface area contributed by atoms with Crippen molar-refractivity contribution in [3.63, 3.8) is 0 Å². The van der Waals surface area contributed by atoms with E-state index in [1.807, 2.05) is 0 Å². The Labute approximate surface area is 69.3 Å². The summed E-state index contributed by atoms with van der Waals surface area (Å²) in [6, 6.07) is 0. The van der Waals surface area contributed by atoms with Crippen molar-refractivity contribution in [1.82, 2.24) is 4.57 Å². The zero-order chi connectivity index (χ0) is 8.36. The summed E-state index contributed by atoms with van der Waals surface area (Å²) in [6.07, 6.45) is 0. The predicted molar refractivity (Wildman–Crippen MR) is 55.1 cm³/mol. The first-order chi connectivity index (χ1) is 4.41. The van der Waals surface area contributed by atoms with Gasteiger partial charge in [-0.2, -0.15) is 0 Å². The lowest BCUT2D eigenvalue weighted by atomic mass is 10.5. The maximum absolute atomic E-state index is 2.45. The minimum absolute atomic E-state index is 0.172. The highest BCUT2D eigenvalue weighted by atomic mass is 28.3. The zero-order valence-corrected chi connectivity index (χ0v) is 10.8. The number of hydrogen-bond donors (Lipinski definition) is 0. The van der Waals surface area contributed by atoms with Crippen LogP contribution in [0.5, 0.6) is 0 Å². The summed E-state index contributed by atoms with van der Waals surface area (Å²) in [4.78, 5) is 0. The predicted octanol–water partition coefficient (Wildman–Crippen LogP) is 0.856. The summed E-state index contributed by atoms with van der Waals surface area (Å²) < 4.78 is 3.18. The zero-order valence-electron chi connectivity index (χ0n) is 8.23. The summed E-state index contributed by atoms with van der Waals surface area (Å²) in [5, 5.41) is 0. The Balaban J connectivity index is 4.03. The first kappa shape index (κ1) is 10.4. The molecule has 62 valence electrons. The van der Waals surface area contributed by atoms with Crippen LogP contribution < -0.4 is 0 Å². The Hall–Kier alpha value is 0.394. The summed E-state index contributed by atoms with van der Waals surface area (Å²) in [5.74, 6) is 0. The van der Waals surface area contributed by atoms with Gasteiger partial charge in [-0.1, -0.05) is 26.9 Å². The molecule has 0 aliphatic heterocycles. The molecule has 0 aliphatic carbocycles. The molecule has 0 saturated heterocycles. The lowest BCUT2D eigenvalue weighted by molar-refractivity contribution is 0.613. The van der Waals surface area contributed by atoms with E-state index in [4.69, 9.17) is 0 Å². The van der Waals surface area contributed by atoms with E-state index in [1.165, 1.54) is 0 Å². The third kappa shape index (κ3) is 2.56. The average Bonchev–Trinajstić information content (AvgIpc) is 1.86. The Morgan fingerprint density at radius 1 is 1.30 bits per heavy atom. The minimum Gasteiger partial charge on any atom is -0.331 e. The summed E-state index contributed by atoms with van der Waals surface area (Å²) >= 11 is 0. The van der Waals surface area contributed by atoms with Crippen molar-refractivity contribution in [2.75, 3.05) is 14.1 Å². The van der Waals surface area contributed by atoms with E-state index >= 15 is 0 Å². The molecule has 0 N–H and O–H groups in total. The van der Waals surface area contributed by atoms with Crippen molar-refractivity contribution in [1.29, 1.82) is 0 Å². The van der Waals surface area contributed by atoms with Crippen molar-refractivity contribution < 1.29 is 0 Å². The second kappa shape index (κ2) is 3.69. The summed E-state index contributed by atoms with van der Waals surface area (Å²) in [7, 11) is 4.03. The second-order valence-corrected chi connectivity index (χ2v) is 11.3. The monoisotopic (exact) mass is 175 g/mol. The standard InChI is InChI=1S/C7H21NSi2/c1-7(2,9-5)10(6)8(3)4/h10H,9H2,1-6H3. The number of rotatable bonds is 3. The molecule has 0 aromatic carbocycles. The van der Waals surface area contributed by atoms with E-state index in [0.717, 1.165) is 4.66 Å². The smallest absolute Gasteiger partial charge is 0.110 e. The molecule has 0 bridgehead atoms. The number of nitrogens with zero attached hydrogens (tertiary/aromatic N) is 1. The van der Waals surface area contributed by atoms with Crippen molar-refractivity contribution in [2.24, 2.45) is 0 Å². The molecule has 3 heteroatoms. The topological polar surface area (TPSA) is 3.24 Å². The largest absolute Gasteiger partial charge is 0.331 e. The van der Waals surface area contributed by atoms with Gasteiger partial charge in [0, 0.05) is 9.52 Å². The van der Waals surface area contributed by atoms with E-state index in [1.54, 1.807) is 0 Å². The SMILES string of the molecule is C[SiH2]C(C)(C)[SiH](C)N(C)C. The summed E-state index contributed by atoms with van der Waals surface area (Å²) in [5.41, 5.74) is 0. The van der Waals surface area contributed by atoms with E-state index in [9.17, 15) is 0 Å². The van der Waals surface area contributed by atoms with Crippen LogP contribution in [0.2, 0.25) is 17.8 Å². The molecule has 0 saturated carbocycles. The van der Waals surface area contributed by atoms with Crippen molar-refractivity contribution in [3.05, 3.63) is 0 Å². The molecule has 1 atom stereocenters. The first-order valence-corrected chi connectivity index (χ1v) is 8.45. The molecule has 0 aromatic heterocycles. The third-order valence-electron chi connectivity index (χ3n) is 2.82. The van der Waals surface area contributed by atoms with Crippen LogP contribution in [-0.2, 0) is 0 Å². The minimum atomic E-state index is -0.590. The van der Waals surface area contributed by atoms with Crippen molar-refractivity contribution in [3.8, 4) is 0 Å². The molecule has 1 nitrogen and oxygen atoms in total. The average molecular weight is 175 g/mol. The van der Waals surface area contributed by atoms with Crippen molar-refractivity contribution in [2.45, 2.75) is 31.6 Å². The maximum atomic E-state index is 2.45. The van der Waals surface area contributed by atoms with E-state index < -0.39 is 8.96 Å². The van der Waals surface area contributed by atoms with Gasteiger partial charge in [-0.25, -0.2) is 0 Å². The summed E-state index contributed by atoms with van der Waals surface area (Å²) in [6.45, 7) is 9.76. The van der Waals surface area contributed by atoms with Gasteiger partial charge in [-0.3, -0.25) is 0 Å². The van der Waals surface area contributed by atoms with Crippen LogP contribution in [0.25, 0.3) is 0 Å². The molecular weight excluding hydrogens is 154 g/mol. The Bertz CT molecular complexity index is 102. The Morgan fingerprint density at radius 2 is 1.70 bits per heavy atom. The molecule has 0 aromatic rings. The van der Waals surface area contributed by atoms with E-state index in [2.05, 4.69) is 45.6 Å². The van der Waals surface area contributed by atoms with Crippen LogP contribution in [0.3, 0.4) is 0 Å². The van der Waals surface area contributed by atoms with E-state index in [-0.39, 0.29) is 9.52 Å². The van der Waals surface area contributed by atoms with Gasteiger partial charge >= 0.3 is 0 Å². The molecule has 10 heavy (non-hydrogen) atoms. The van der Waals surface area contributed by atoms with Gasteiger partial charge in [0.2, 0.25) is 0 Å². The van der Waals surface area contributed by atoms with Crippen LogP contribution in [-0.4, -0.2) is 37.1 Å². The normalized spacial score (nSPS) is 17.1. The van der Waals surface area contributed by atoms with Gasteiger partial charge < -0.3 is 4.57 Å². The van der Waals surface area contributed by atoms with E-state index in [0.29, 0.717) is 0 Å².